The number of fused-ring (bicyclic) bond motifs is 8. The first kappa shape index (κ1) is 41.2. The molecule has 0 saturated heterocycles. The molecule has 0 atom stereocenters. The number of carbonyl (C=O) groups excluding carboxylic acids is 2. The number of hydrogen-bond donors (Lipinski definition) is 4. The molecule has 8 N–H and O–H groups in total. The zero-order valence-electron chi connectivity index (χ0n) is 29.7. The molecule has 0 fully saturated rings. The maximum absolute atomic E-state index is 11.5. The second-order valence-electron chi connectivity index (χ2n) is 12.9. The van der Waals surface area contributed by atoms with Gasteiger partial charge in [-0.3, -0.25) is 0 Å². The summed E-state index contributed by atoms with van der Waals surface area (Å²) in [7, 11) is 8.14. The fourth-order valence-corrected chi connectivity index (χ4v) is 6.35. The van der Waals surface area contributed by atoms with Gasteiger partial charge in [0.2, 0.25) is 0 Å². The number of carboxylic acid groups (broad SMARTS) is 2. The Kier molecular flexibility index (Phi) is 14.0. The first-order valence-electron chi connectivity index (χ1n) is 15.6. The van der Waals surface area contributed by atoms with E-state index in [2.05, 4.69) is 39.7 Å². The molecule has 2 aliphatic rings. The molecule has 13 heteroatoms. The number of carboxylic acids is 2. The summed E-state index contributed by atoms with van der Waals surface area (Å²) in [6.07, 6.45) is 0.306. The van der Waals surface area contributed by atoms with Crippen LogP contribution >= 0.6 is 0 Å². The number of carbonyl (C=O) groups is 2. The van der Waals surface area contributed by atoms with Crippen molar-refractivity contribution in [3.05, 3.63) is 69.3 Å². The van der Waals surface area contributed by atoms with Crippen LogP contribution in [-0.4, -0.2) is 83.0 Å². The number of likely N-dealkylation sites (N-methyl/N-ethyl adjacent to an activating group) is 2. The van der Waals surface area contributed by atoms with Crippen LogP contribution in [0.15, 0.2) is 24.3 Å². The average molecular weight is 852 g/mol. The zero-order chi connectivity index (χ0) is 33.4. The van der Waals surface area contributed by atoms with Crippen LogP contribution in [0.4, 0.5) is 0 Å². The Labute approximate surface area is 302 Å². The average Bonchev–Trinajstić information content (AvgIpc) is 3.61. The largest absolute Gasteiger partial charge is 2.00 e. The Hall–Kier alpha value is -3.93. The van der Waals surface area contributed by atoms with Crippen molar-refractivity contribution in [3.63, 3.8) is 0 Å². The number of aryl methyl sites for hydroxylation is 4. The monoisotopic (exact) mass is 851 g/mol. The summed E-state index contributed by atoms with van der Waals surface area (Å²) in [5.41, 5.74) is 14.5. The van der Waals surface area contributed by atoms with E-state index in [9.17, 15) is 19.8 Å². The summed E-state index contributed by atoms with van der Waals surface area (Å²) in [4.78, 5) is 44.6. The van der Waals surface area contributed by atoms with Gasteiger partial charge in [-0.15, -0.1) is 0 Å². The van der Waals surface area contributed by atoms with Crippen molar-refractivity contribution < 1.29 is 40.9 Å². The van der Waals surface area contributed by atoms with Gasteiger partial charge in [0.15, 0.2) is 0 Å². The topological polar surface area (TPSA) is 214 Å². The predicted molar refractivity (Wildman–Crippen MR) is 189 cm³/mol. The molecule has 3 aromatic heterocycles. The quantitative estimate of drug-likeness (QED) is 0.233. The number of H-pyrrole nitrogens is 2. The Morgan fingerprint density at radius 1 is 0.612 bits per heavy atom. The van der Waals surface area contributed by atoms with Crippen LogP contribution in [0.25, 0.3) is 44.4 Å². The van der Waals surface area contributed by atoms with Crippen LogP contribution in [0.5, 0.6) is 0 Å². The van der Waals surface area contributed by atoms with Crippen molar-refractivity contribution in [2.24, 2.45) is 0 Å². The van der Waals surface area contributed by atoms with E-state index in [4.69, 9.17) is 9.97 Å². The third-order valence-corrected chi connectivity index (χ3v) is 8.91. The first-order chi connectivity index (χ1) is 21.7. The fraction of sp³-hybridized carbons (Fsp3) is 0.389. The molecule has 8 bridgehead atoms. The minimum atomic E-state index is -1.12. The Morgan fingerprint density at radius 3 is 1.37 bits per heavy atom. The van der Waals surface area contributed by atoms with Gasteiger partial charge in [-0.25, -0.2) is 9.97 Å². The molecular weight excluding hydrogens is 804 g/mol. The second kappa shape index (κ2) is 16.6. The molecule has 0 amide bonds. The third-order valence-electron chi connectivity index (χ3n) is 8.91. The number of aromatic nitrogens is 4. The van der Waals surface area contributed by atoms with E-state index in [1.807, 2.05) is 60.2 Å². The van der Waals surface area contributed by atoms with Gasteiger partial charge in [-0.05, 0) is 150 Å². The van der Waals surface area contributed by atoms with Gasteiger partial charge >= 0.3 is 21.1 Å². The molecule has 266 valence electrons. The maximum atomic E-state index is 11.5. The molecule has 5 rings (SSSR count). The van der Waals surface area contributed by atoms with Crippen molar-refractivity contribution in [1.82, 2.24) is 42.0 Å². The fourth-order valence-electron chi connectivity index (χ4n) is 6.35. The number of nitrogens with one attached hydrogen (secondary N) is 2. The van der Waals surface area contributed by atoms with Crippen LogP contribution < -0.4 is 22.5 Å². The Morgan fingerprint density at radius 2 is 0.980 bits per heavy atom. The maximum Gasteiger partial charge on any atom is 2.00 e. The van der Waals surface area contributed by atoms with Gasteiger partial charge in [0.1, 0.15) is 0 Å². The summed E-state index contributed by atoms with van der Waals surface area (Å²) < 4.78 is 0. The molecule has 2 aliphatic heterocycles. The summed E-state index contributed by atoms with van der Waals surface area (Å²) in [6, 6.07) is 8.09. The van der Waals surface area contributed by atoms with E-state index < -0.39 is 11.9 Å². The molecule has 0 spiro atoms. The van der Waals surface area contributed by atoms with Crippen LogP contribution in [0.2, 0.25) is 0 Å². The van der Waals surface area contributed by atoms with Gasteiger partial charge in [-0.1, -0.05) is 0 Å². The zero-order valence-corrected chi connectivity index (χ0v) is 32.0. The van der Waals surface area contributed by atoms with Crippen molar-refractivity contribution in [3.8, 4) is 0 Å². The molecule has 12 nitrogen and oxygen atoms in total. The molecule has 5 heterocycles. The number of nitrogens with zero attached hydrogens (tertiary/aromatic N) is 4. The van der Waals surface area contributed by atoms with Gasteiger partial charge in [0, 0.05) is 47.1 Å². The normalized spacial score (nSPS) is 12.6. The number of allylic oxidation sites excluding steroid dienone is 2. The smallest absolute Gasteiger partial charge is 0.550 e. The number of aromatic amines is 2. The molecule has 0 saturated carbocycles. The standard InChI is InChI=1S/C36H44N6O4.2H3N.Pt/c1-19-23(9-11-35(43)44)31-16-32-24(10-12-36(45)46)20(2)29(38-32)14-33-26(18-42(7)8)22(4)30(40-33)15-34-25(17-41(5)6)21(3)28(39-34)13-27(19)37-31;;;/h13-16,37-38H,9-12,17-18H2,1-8H3,(H,43,44)(H,45,46);2*1H3;/q;;;+2/p-2. The number of aliphatic carboxylic acids is 2. The summed E-state index contributed by atoms with van der Waals surface area (Å²) in [5.74, 6) is -2.24. The Bertz CT molecular complexity index is 1970. The molecule has 0 radical (unpaired) electrons. The Balaban J connectivity index is 0.00000278. The molecule has 0 unspecified atom stereocenters. The summed E-state index contributed by atoms with van der Waals surface area (Å²) in [5, 5.41) is 23.0. The SMILES string of the molecule is CC1=C(CN(C)C)c2cc3nc(cc4[nH]c(cc5[nH]c(cc1n2)c(C)c5CCC(=O)[O-])c(CCC(=O)[O-])c4C)C(CN(C)C)=C3C.N.N.[Pt+2]. The van der Waals surface area contributed by atoms with E-state index in [-0.39, 0.29) is 59.0 Å². The van der Waals surface area contributed by atoms with Crippen molar-refractivity contribution in [2.75, 3.05) is 41.3 Å². The van der Waals surface area contributed by atoms with Crippen LogP contribution in [0.1, 0.15) is 71.7 Å². The van der Waals surface area contributed by atoms with E-state index in [1.54, 1.807) is 0 Å². The summed E-state index contributed by atoms with van der Waals surface area (Å²) in [6.45, 7) is 9.54. The van der Waals surface area contributed by atoms with Gasteiger partial charge in [-0.2, -0.15) is 0 Å². The molecule has 0 aliphatic carbocycles. The summed E-state index contributed by atoms with van der Waals surface area (Å²) >= 11 is 0. The minimum absolute atomic E-state index is 0. The first-order valence-corrected chi connectivity index (χ1v) is 15.6. The van der Waals surface area contributed by atoms with Crippen molar-refractivity contribution in [2.45, 2.75) is 53.4 Å². The molecule has 3 aromatic rings. The van der Waals surface area contributed by atoms with Crippen molar-refractivity contribution >= 4 is 56.3 Å². The minimum Gasteiger partial charge on any atom is -0.550 e. The predicted octanol–water partition coefficient (Wildman–Crippen LogP) is 3.60. The molecular formula is C36H48N8O4Pt. The van der Waals surface area contributed by atoms with Crippen molar-refractivity contribution in [1.29, 1.82) is 0 Å². The van der Waals surface area contributed by atoms with E-state index in [0.717, 1.165) is 89.4 Å². The van der Waals surface area contributed by atoms with Gasteiger partial charge in [0.25, 0.3) is 0 Å². The van der Waals surface area contributed by atoms with Gasteiger partial charge in [0.05, 0.1) is 22.8 Å². The third kappa shape index (κ3) is 8.81. The van der Waals surface area contributed by atoms with Crippen LogP contribution in [0.3, 0.4) is 0 Å². The molecule has 0 aromatic carbocycles. The second-order valence-corrected chi connectivity index (χ2v) is 12.9. The van der Waals surface area contributed by atoms with E-state index in [0.29, 0.717) is 13.1 Å². The van der Waals surface area contributed by atoms with Gasteiger partial charge < -0.3 is 51.9 Å². The van der Waals surface area contributed by atoms with E-state index in [1.165, 1.54) is 0 Å². The molecule has 49 heavy (non-hydrogen) atoms. The van der Waals surface area contributed by atoms with Crippen LogP contribution in [-0.2, 0) is 43.5 Å². The number of rotatable bonds is 10. The van der Waals surface area contributed by atoms with E-state index >= 15 is 0 Å². The number of hydrogen-bond acceptors (Lipinski definition) is 10. The van der Waals surface area contributed by atoms with Crippen LogP contribution in [0, 0.1) is 13.8 Å².